The molecule has 2 rings (SSSR count). The minimum atomic E-state index is -1.47. The summed E-state index contributed by atoms with van der Waals surface area (Å²) in [4.78, 5) is 33.5. The maximum absolute atomic E-state index is 12.2. The van der Waals surface area contributed by atoms with Crippen molar-refractivity contribution >= 4 is 23.3 Å². The number of carboxylic acid groups (broad SMARTS) is 1. The van der Waals surface area contributed by atoms with Crippen molar-refractivity contribution in [2.75, 3.05) is 5.32 Å². The fraction of sp³-hybridized carbons (Fsp3) is 0. The molecule has 0 radical (unpaired) electrons. The molecule has 22 heavy (non-hydrogen) atoms. The van der Waals surface area contributed by atoms with Gasteiger partial charge in [0, 0.05) is 11.8 Å². The number of nitro benzene ring substituents is 1. The van der Waals surface area contributed by atoms with Gasteiger partial charge in [-0.25, -0.2) is 4.79 Å². The zero-order chi connectivity index (χ0) is 16.3. The van der Waals surface area contributed by atoms with Gasteiger partial charge in [0.2, 0.25) is 0 Å². The van der Waals surface area contributed by atoms with Gasteiger partial charge in [0.05, 0.1) is 10.5 Å². The molecule has 0 unspecified atom stereocenters. The summed E-state index contributed by atoms with van der Waals surface area (Å²) in [6.45, 7) is 0. The van der Waals surface area contributed by atoms with Crippen LogP contribution in [0.4, 0.5) is 11.4 Å². The van der Waals surface area contributed by atoms with Crippen LogP contribution in [0.1, 0.15) is 20.7 Å². The van der Waals surface area contributed by atoms with Crippen molar-refractivity contribution in [2.24, 2.45) is 0 Å². The van der Waals surface area contributed by atoms with Crippen molar-refractivity contribution in [3.8, 4) is 5.75 Å². The number of hydrogen-bond donors (Lipinski definition) is 2. The normalized spacial score (nSPS) is 10.0. The van der Waals surface area contributed by atoms with E-state index in [1.54, 1.807) is 0 Å². The SMILES string of the molecule is O=C(O)c1cccc([N+](=O)[O-])c1C(=O)Nc1cccc([O-])c1. The molecule has 0 bridgehead atoms. The van der Waals surface area contributed by atoms with Gasteiger partial charge in [-0.05, 0) is 18.2 Å². The lowest BCUT2D eigenvalue weighted by molar-refractivity contribution is -0.385. The molecule has 0 aliphatic rings. The summed E-state index contributed by atoms with van der Waals surface area (Å²) in [5.74, 6) is -2.81. The van der Waals surface area contributed by atoms with E-state index in [9.17, 15) is 24.8 Å². The first kappa shape index (κ1) is 15.0. The van der Waals surface area contributed by atoms with E-state index in [4.69, 9.17) is 5.11 Å². The van der Waals surface area contributed by atoms with Crippen LogP contribution in [-0.2, 0) is 0 Å². The Bertz CT molecular complexity index is 739. The van der Waals surface area contributed by atoms with Gasteiger partial charge in [-0.1, -0.05) is 18.2 Å². The number of hydrogen-bond acceptors (Lipinski definition) is 5. The topological polar surface area (TPSA) is 133 Å². The Kier molecular flexibility index (Phi) is 4.03. The van der Waals surface area contributed by atoms with Crippen LogP contribution in [0.5, 0.6) is 5.75 Å². The molecular formula is C14H9N2O6-. The first-order chi connectivity index (χ1) is 10.4. The highest BCUT2D eigenvalue weighted by Crippen LogP contribution is 2.24. The van der Waals surface area contributed by atoms with E-state index in [1.807, 2.05) is 0 Å². The largest absolute Gasteiger partial charge is 0.872 e. The molecule has 0 spiro atoms. The van der Waals surface area contributed by atoms with E-state index in [2.05, 4.69) is 5.32 Å². The van der Waals surface area contributed by atoms with Crippen LogP contribution < -0.4 is 10.4 Å². The van der Waals surface area contributed by atoms with E-state index in [1.165, 1.54) is 24.3 Å². The summed E-state index contributed by atoms with van der Waals surface area (Å²) in [6.07, 6.45) is 0. The van der Waals surface area contributed by atoms with Crippen molar-refractivity contribution in [2.45, 2.75) is 0 Å². The number of carbonyl (C=O) groups is 2. The first-order valence-electron chi connectivity index (χ1n) is 5.99. The van der Waals surface area contributed by atoms with E-state index < -0.39 is 33.6 Å². The second kappa shape index (κ2) is 5.92. The number of anilines is 1. The van der Waals surface area contributed by atoms with Gasteiger partial charge in [-0.15, -0.1) is 5.75 Å². The Labute approximate surface area is 123 Å². The lowest BCUT2D eigenvalue weighted by Gasteiger charge is -2.11. The van der Waals surface area contributed by atoms with E-state index in [-0.39, 0.29) is 11.4 Å². The van der Waals surface area contributed by atoms with Gasteiger partial charge in [0.15, 0.2) is 0 Å². The maximum atomic E-state index is 12.2. The number of rotatable bonds is 4. The van der Waals surface area contributed by atoms with Crippen molar-refractivity contribution in [1.82, 2.24) is 0 Å². The standard InChI is InChI=1S/C14H10N2O6/c17-9-4-1-3-8(7-9)15-13(18)12-10(14(19)20)5-2-6-11(12)16(21)22/h1-7,17H,(H,15,18)(H,19,20)/p-1. The van der Waals surface area contributed by atoms with Crippen LogP contribution in [0.2, 0.25) is 0 Å². The summed E-state index contributed by atoms with van der Waals surface area (Å²) >= 11 is 0. The molecule has 0 aliphatic carbocycles. The molecule has 0 saturated heterocycles. The predicted octanol–water partition coefficient (Wildman–Crippen LogP) is 1.62. The predicted molar refractivity (Wildman–Crippen MR) is 73.9 cm³/mol. The fourth-order valence-electron chi connectivity index (χ4n) is 1.88. The molecule has 0 fully saturated rings. The number of amides is 1. The number of nitrogens with one attached hydrogen (secondary N) is 1. The van der Waals surface area contributed by atoms with Crippen LogP contribution in [-0.4, -0.2) is 21.9 Å². The van der Waals surface area contributed by atoms with Gasteiger partial charge in [-0.3, -0.25) is 14.9 Å². The molecule has 112 valence electrons. The average molecular weight is 301 g/mol. The van der Waals surface area contributed by atoms with E-state index >= 15 is 0 Å². The Morgan fingerprint density at radius 2 is 1.82 bits per heavy atom. The molecule has 2 aromatic carbocycles. The zero-order valence-electron chi connectivity index (χ0n) is 11.0. The number of benzene rings is 2. The second-order valence-electron chi connectivity index (χ2n) is 4.24. The number of aromatic carboxylic acids is 1. The minimum Gasteiger partial charge on any atom is -0.872 e. The van der Waals surface area contributed by atoms with Gasteiger partial charge in [0.1, 0.15) is 5.56 Å². The minimum absolute atomic E-state index is 0.118. The summed E-state index contributed by atoms with van der Waals surface area (Å²) in [7, 11) is 0. The Morgan fingerprint density at radius 1 is 1.14 bits per heavy atom. The molecular weight excluding hydrogens is 292 g/mol. The summed E-state index contributed by atoms with van der Waals surface area (Å²) in [5, 5.41) is 33.6. The number of carbonyl (C=O) groups excluding carboxylic acids is 1. The van der Waals surface area contributed by atoms with Crippen molar-refractivity contribution < 1.29 is 24.7 Å². The highest BCUT2D eigenvalue weighted by Gasteiger charge is 2.27. The molecule has 0 atom stereocenters. The number of carboxylic acids is 1. The third-order valence-corrected chi connectivity index (χ3v) is 2.79. The van der Waals surface area contributed by atoms with E-state index in [0.717, 1.165) is 18.2 Å². The van der Waals surface area contributed by atoms with Gasteiger partial charge in [0.25, 0.3) is 11.6 Å². The van der Waals surface area contributed by atoms with Crippen molar-refractivity contribution in [3.05, 3.63) is 63.7 Å². The maximum Gasteiger partial charge on any atom is 0.336 e. The lowest BCUT2D eigenvalue weighted by Crippen LogP contribution is -2.18. The highest BCUT2D eigenvalue weighted by atomic mass is 16.6. The van der Waals surface area contributed by atoms with Gasteiger partial charge >= 0.3 is 5.97 Å². The summed E-state index contributed by atoms with van der Waals surface area (Å²) in [6, 6.07) is 8.50. The smallest absolute Gasteiger partial charge is 0.336 e. The Hall–Kier alpha value is -3.42. The molecule has 0 saturated carbocycles. The molecule has 8 nitrogen and oxygen atoms in total. The second-order valence-corrected chi connectivity index (χ2v) is 4.24. The van der Waals surface area contributed by atoms with Crippen molar-refractivity contribution in [3.63, 3.8) is 0 Å². The molecule has 0 aromatic heterocycles. The fourth-order valence-corrected chi connectivity index (χ4v) is 1.88. The molecule has 2 N–H and O–H groups in total. The quantitative estimate of drug-likeness (QED) is 0.651. The molecule has 8 heteroatoms. The van der Waals surface area contributed by atoms with Crippen molar-refractivity contribution in [1.29, 1.82) is 0 Å². The average Bonchev–Trinajstić information content (AvgIpc) is 2.46. The number of nitrogens with zero attached hydrogens (tertiary/aromatic N) is 1. The van der Waals surface area contributed by atoms with Crippen LogP contribution in [0.15, 0.2) is 42.5 Å². The molecule has 0 aliphatic heterocycles. The van der Waals surface area contributed by atoms with Crippen LogP contribution >= 0.6 is 0 Å². The highest BCUT2D eigenvalue weighted by molar-refractivity contribution is 6.13. The number of nitro groups is 1. The Morgan fingerprint density at radius 3 is 2.41 bits per heavy atom. The van der Waals surface area contributed by atoms with Gasteiger partial charge in [-0.2, -0.15) is 0 Å². The Balaban J connectivity index is 2.48. The monoisotopic (exact) mass is 301 g/mol. The van der Waals surface area contributed by atoms with Crippen LogP contribution in [0.25, 0.3) is 0 Å². The van der Waals surface area contributed by atoms with Gasteiger partial charge < -0.3 is 15.5 Å². The third-order valence-electron chi connectivity index (χ3n) is 2.79. The zero-order valence-corrected chi connectivity index (χ0v) is 11.0. The third kappa shape index (κ3) is 3.01. The molecule has 2 aromatic rings. The van der Waals surface area contributed by atoms with Crippen LogP contribution in [0, 0.1) is 10.1 Å². The summed E-state index contributed by atoms with van der Waals surface area (Å²) in [5.41, 5.74) is -1.58. The first-order valence-corrected chi connectivity index (χ1v) is 5.99. The van der Waals surface area contributed by atoms with E-state index in [0.29, 0.717) is 0 Å². The lowest BCUT2D eigenvalue weighted by atomic mass is 10.0. The van der Waals surface area contributed by atoms with Crippen LogP contribution in [0.3, 0.4) is 0 Å². The summed E-state index contributed by atoms with van der Waals surface area (Å²) < 4.78 is 0. The molecule has 0 heterocycles. The molecule has 1 amide bonds.